The van der Waals surface area contributed by atoms with Gasteiger partial charge in [0.05, 0.1) is 0 Å². The van der Waals surface area contributed by atoms with Crippen LogP contribution >= 0.6 is 0 Å². The van der Waals surface area contributed by atoms with Crippen molar-refractivity contribution in [2.24, 2.45) is 5.92 Å². The van der Waals surface area contributed by atoms with Crippen molar-refractivity contribution in [2.75, 3.05) is 14.7 Å². The quantitative estimate of drug-likeness (QED) is 0.0841. The molecule has 0 unspecified atom stereocenters. The molecule has 0 saturated heterocycles. The number of hydrogen-bond donors (Lipinski definition) is 0. The average molecular weight is 1210 g/mol. The smallest absolute Gasteiger partial charge is 0.358 e. The molecular formula is C80H95Fe2N3. The van der Waals surface area contributed by atoms with Gasteiger partial charge in [-0.1, -0.05) is 254 Å². The molecule has 0 aromatic heterocycles. The zero-order valence-corrected chi connectivity index (χ0v) is 53.9. The first kappa shape index (κ1) is 70.9. The molecule has 0 heterocycles. The molecule has 0 N–H and O–H groups in total. The monoisotopic (exact) mass is 1210 g/mol. The third-order valence-electron chi connectivity index (χ3n) is 16.6. The maximum absolute atomic E-state index is 2.55. The van der Waals surface area contributed by atoms with Crippen LogP contribution in [0.2, 0.25) is 0 Å². The molecule has 0 amide bonds. The minimum Gasteiger partial charge on any atom is -0.358 e. The molecule has 9 aromatic carbocycles. The van der Waals surface area contributed by atoms with Gasteiger partial charge in [0.15, 0.2) is 0 Å². The van der Waals surface area contributed by atoms with Gasteiger partial charge in [-0.2, -0.15) is 0 Å². The molecule has 0 bridgehead atoms. The van der Waals surface area contributed by atoms with Gasteiger partial charge in [-0.05, 0) is 157 Å². The van der Waals surface area contributed by atoms with Crippen molar-refractivity contribution in [3.05, 3.63) is 283 Å². The van der Waals surface area contributed by atoms with Gasteiger partial charge >= 0.3 is 34.1 Å². The van der Waals surface area contributed by atoms with Crippen molar-refractivity contribution in [3.63, 3.8) is 0 Å². The van der Waals surface area contributed by atoms with Crippen LogP contribution in [0.15, 0.2) is 243 Å². The summed E-state index contributed by atoms with van der Waals surface area (Å²) in [5.41, 5.74) is 17.3. The van der Waals surface area contributed by atoms with Gasteiger partial charge in [0, 0.05) is 51.5 Å². The zero-order valence-electron chi connectivity index (χ0n) is 51.7. The molecule has 85 heavy (non-hydrogen) atoms. The van der Waals surface area contributed by atoms with Gasteiger partial charge in [0.2, 0.25) is 0 Å². The van der Waals surface area contributed by atoms with Gasteiger partial charge < -0.3 is 44.4 Å². The molecule has 13 rings (SSSR count). The minimum atomic E-state index is 0. The Balaban J connectivity index is 0.000000297. The summed E-state index contributed by atoms with van der Waals surface area (Å²) in [5, 5.41) is 0. The number of rotatable bonds is 13. The van der Waals surface area contributed by atoms with E-state index in [0.717, 1.165) is 34.4 Å². The predicted octanol–water partition coefficient (Wildman–Crippen LogP) is 24.5. The summed E-state index contributed by atoms with van der Waals surface area (Å²) < 4.78 is 0. The fourth-order valence-corrected chi connectivity index (χ4v) is 12.2. The predicted molar refractivity (Wildman–Crippen MR) is 366 cm³/mol. The van der Waals surface area contributed by atoms with E-state index in [9.17, 15) is 0 Å². The molecule has 5 heteroatoms. The molecule has 0 spiro atoms. The third kappa shape index (κ3) is 20.3. The first-order valence-electron chi connectivity index (χ1n) is 30.2. The Labute approximate surface area is 537 Å². The third-order valence-corrected chi connectivity index (χ3v) is 16.6. The van der Waals surface area contributed by atoms with Crippen LogP contribution in [-0.2, 0) is 40.6 Å². The van der Waals surface area contributed by atoms with Crippen LogP contribution in [0.5, 0.6) is 0 Å². The number of benzene rings is 9. The first-order chi connectivity index (χ1) is 39.1. The second-order valence-electron chi connectivity index (χ2n) is 22.4. The van der Waals surface area contributed by atoms with E-state index in [1.807, 2.05) is 0 Å². The Morgan fingerprint density at radius 2 is 0.518 bits per heavy atom. The fraction of sp³-hybridized carbons (Fsp3) is 0.275. The van der Waals surface area contributed by atoms with Crippen LogP contribution in [-0.4, -0.2) is 6.04 Å². The Hall–Kier alpha value is -6.58. The van der Waals surface area contributed by atoms with E-state index in [1.165, 1.54) is 172 Å². The van der Waals surface area contributed by atoms with Crippen molar-refractivity contribution < 1.29 is 34.1 Å². The summed E-state index contributed by atoms with van der Waals surface area (Å²) in [5.74, 6) is 0.895. The van der Waals surface area contributed by atoms with Gasteiger partial charge in [-0.3, -0.25) is 0 Å². The van der Waals surface area contributed by atoms with Gasteiger partial charge in [-0.15, -0.1) is 0 Å². The molecule has 0 radical (unpaired) electrons. The van der Waals surface area contributed by atoms with Gasteiger partial charge in [0.25, 0.3) is 0 Å². The summed E-state index contributed by atoms with van der Waals surface area (Å²) >= 11 is 0. The van der Waals surface area contributed by atoms with Crippen LogP contribution < -0.4 is 14.7 Å². The molecule has 0 atom stereocenters. The van der Waals surface area contributed by atoms with Crippen LogP contribution in [0.25, 0.3) is 22.3 Å². The second kappa shape index (κ2) is 37.8. The standard InChI is InChI=1S/C36H34N2.C30H29N.2C5H10.4CH3.2Fe/c1-28-16-22-34(23-17-28)38(33-14-8-9-15-33)36-26-20-30(21-27-36)29-18-24-35(25-19-29)37(31-10-4-2-5-11-31)32-12-6-3-7-13-32;1-3-11-28(12-4-1)31(29-13-5-2-6-14-29)30-21-19-27(20-22-30)26-17-15-25(16-18-26)23-24-9-7-8-10-24;2*1-2-4-5-3-1;;;;;;/h2-7,10-13,16-27,33H,8-9,14-15H2,1H3;1-6,11-22,24H,7-10,23H2;2*1-5H2;4*1H3;;/q;;;;4*-1;2*+2. The number of nitrogens with zero attached hydrogens (tertiary/aromatic N) is 3. The van der Waals surface area contributed by atoms with Crippen LogP contribution in [0, 0.1) is 42.5 Å². The Kier molecular flexibility index (Phi) is 31.5. The molecule has 4 aliphatic rings. The van der Waals surface area contributed by atoms with E-state index in [1.54, 1.807) is 0 Å². The molecule has 4 fully saturated rings. The van der Waals surface area contributed by atoms with Crippen molar-refractivity contribution in [3.8, 4) is 22.3 Å². The maximum atomic E-state index is 2.55. The summed E-state index contributed by atoms with van der Waals surface area (Å²) in [4.78, 5) is 7.15. The van der Waals surface area contributed by atoms with E-state index < -0.39 is 0 Å². The molecule has 9 aromatic rings. The van der Waals surface area contributed by atoms with E-state index >= 15 is 0 Å². The van der Waals surface area contributed by atoms with Crippen molar-refractivity contribution in [1.82, 2.24) is 0 Å². The molecule has 446 valence electrons. The molecular weight excluding hydrogens is 1110 g/mol. The Bertz CT molecular complexity index is 3010. The SMILES string of the molecule is C1CCCC1.C1CCCC1.Cc1ccc(N(c2ccc(-c3ccc(N(c4ccccc4)c4ccccc4)cc3)cc2)C2CCCC2)cc1.[CH3-].[CH3-].[CH3-].[CH3-].[Fe+2].[Fe+2].c1ccc(N(c2ccccc2)c2ccc(-c3ccc(CC4CCCC4)cc3)cc2)cc1. The number of hydrogen-bond acceptors (Lipinski definition) is 3. The molecule has 0 aliphatic heterocycles. The maximum Gasteiger partial charge on any atom is 2.00 e. The number of para-hydroxylation sites is 4. The molecule has 3 nitrogen and oxygen atoms in total. The second-order valence-corrected chi connectivity index (χ2v) is 22.4. The van der Waals surface area contributed by atoms with Gasteiger partial charge in [0.1, 0.15) is 0 Å². The van der Waals surface area contributed by atoms with Crippen molar-refractivity contribution in [2.45, 2.75) is 135 Å². The topological polar surface area (TPSA) is 9.72 Å². The van der Waals surface area contributed by atoms with Crippen LogP contribution in [0.3, 0.4) is 0 Å². The number of anilines is 8. The summed E-state index contributed by atoms with van der Waals surface area (Å²) in [6, 6.07) is 87.9. The molecule has 4 aliphatic carbocycles. The van der Waals surface area contributed by atoms with E-state index in [2.05, 4.69) is 264 Å². The minimum absolute atomic E-state index is 0. The summed E-state index contributed by atoms with van der Waals surface area (Å²) in [7, 11) is 0. The first-order valence-corrected chi connectivity index (χ1v) is 30.2. The van der Waals surface area contributed by atoms with Gasteiger partial charge in [-0.25, -0.2) is 0 Å². The summed E-state index contributed by atoms with van der Waals surface area (Å²) in [6.07, 6.45) is 27.0. The van der Waals surface area contributed by atoms with Crippen LogP contribution in [0.1, 0.15) is 127 Å². The summed E-state index contributed by atoms with van der Waals surface area (Å²) in [6.45, 7) is 2.16. The number of aryl methyl sites for hydroxylation is 1. The van der Waals surface area contributed by atoms with E-state index in [4.69, 9.17) is 0 Å². The Morgan fingerprint density at radius 1 is 0.271 bits per heavy atom. The van der Waals surface area contributed by atoms with E-state index in [0.29, 0.717) is 6.04 Å². The largest absolute Gasteiger partial charge is 2.00 e. The van der Waals surface area contributed by atoms with Crippen molar-refractivity contribution in [1.29, 1.82) is 0 Å². The normalized spacial score (nSPS) is 13.9. The Morgan fingerprint density at radius 3 is 0.824 bits per heavy atom. The zero-order chi connectivity index (χ0) is 53.7. The van der Waals surface area contributed by atoms with E-state index in [-0.39, 0.29) is 63.8 Å². The van der Waals surface area contributed by atoms with Crippen molar-refractivity contribution >= 4 is 45.5 Å². The fourth-order valence-electron chi connectivity index (χ4n) is 12.2. The average Bonchev–Trinajstić information content (AvgIpc) is 3.83. The molecule has 4 saturated carbocycles. The van der Waals surface area contributed by atoms with Crippen LogP contribution in [0.4, 0.5) is 45.5 Å².